The lowest BCUT2D eigenvalue weighted by Gasteiger charge is -2.22. The van der Waals surface area contributed by atoms with E-state index in [9.17, 15) is 0 Å². The Balaban J connectivity index is 2.54. The molecule has 0 saturated heterocycles. The lowest BCUT2D eigenvalue weighted by atomic mass is 9.85. The van der Waals surface area contributed by atoms with E-state index in [4.69, 9.17) is 5.73 Å². The summed E-state index contributed by atoms with van der Waals surface area (Å²) in [4.78, 5) is 0. The lowest BCUT2D eigenvalue weighted by molar-refractivity contribution is 0.501. The summed E-state index contributed by atoms with van der Waals surface area (Å²) in [6.07, 6.45) is 1.20. The van der Waals surface area contributed by atoms with E-state index in [1.165, 1.54) is 27.6 Å². The first-order chi connectivity index (χ1) is 7.35. The Morgan fingerprint density at radius 1 is 1.31 bits per heavy atom. The van der Waals surface area contributed by atoms with Crippen LogP contribution in [0.5, 0.6) is 0 Å². The second-order valence-electron chi connectivity index (χ2n) is 5.72. The van der Waals surface area contributed by atoms with Crippen LogP contribution in [0, 0.1) is 19.3 Å². The number of halogens is 1. The fraction of sp³-hybridized carbons (Fsp3) is 0.571. The Bertz CT molecular complexity index is 437. The summed E-state index contributed by atoms with van der Waals surface area (Å²) >= 11 is 3.68. The van der Waals surface area contributed by atoms with Gasteiger partial charge >= 0.3 is 0 Å². The molecule has 1 aliphatic rings. The van der Waals surface area contributed by atoms with Gasteiger partial charge in [0.05, 0.1) is 0 Å². The van der Waals surface area contributed by atoms with Gasteiger partial charge in [-0.25, -0.2) is 0 Å². The van der Waals surface area contributed by atoms with Crippen LogP contribution in [-0.4, -0.2) is 6.54 Å². The molecule has 0 heterocycles. The minimum absolute atomic E-state index is 0.202. The number of hydrogen-bond donors (Lipinski definition) is 1. The summed E-state index contributed by atoms with van der Waals surface area (Å²) in [7, 11) is 0. The van der Waals surface area contributed by atoms with Crippen LogP contribution in [0.4, 0.5) is 0 Å². The Hall–Kier alpha value is -0.340. The van der Waals surface area contributed by atoms with Crippen LogP contribution >= 0.6 is 15.9 Å². The molecule has 0 spiro atoms. The topological polar surface area (TPSA) is 26.0 Å². The Morgan fingerprint density at radius 2 is 1.88 bits per heavy atom. The first-order valence-electron chi connectivity index (χ1n) is 5.82. The van der Waals surface area contributed by atoms with Gasteiger partial charge in [-0.05, 0) is 42.4 Å². The van der Waals surface area contributed by atoms with Crippen molar-refractivity contribution >= 4 is 15.9 Å². The lowest BCUT2D eigenvalue weighted by Crippen LogP contribution is -2.26. The van der Waals surface area contributed by atoms with Gasteiger partial charge in [-0.3, -0.25) is 0 Å². The van der Waals surface area contributed by atoms with Crippen molar-refractivity contribution in [3.05, 3.63) is 33.3 Å². The predicted molar refractivity (Wildman–Crippen MR) is 72.7 cm³/mol. The van der Waals surface area contributed by atoms with Gasteiger partial charge in [-0.1, -0.05) is 41.9 Å². The molecule has 0 amide bonds. The molecule has 1 aromatic rings. The zero-order valence-electron chi connectivity index (χ0n) is 10.5. The highest BCUT2D eigenvalue weighted by molar-refractivity contribution is 9.10. The fourth-order valence-corrected chi connectivity index (χ4v) is 3.31. The van der Waals surface area contributed by atoms with Crippen LogP contribution in [0.1, 0.15) is 37.0 Å². The molecule has 2 heteroatoms. The van der Waals surface area contributed by atoms with Gasteiger partial charge in [0.15, 0.2) is 0 Å². The van der Waals surface area contributed by atoms with Gasteiger partial charge in [0, 0.05) is 16.4 Å². The third kappa shape index (κ3) is 1.46. The van der Waals surface area contributed by atoms with Gasteiger partial charge in [-0.2, -0.15) is 0 Å². The molecule has 0 radical (unpaired) electrons. The van der Waals surface area contributed by atoms with Crippen molar-refractivity contribution in [1.82, 2.24) is 0 Å². The number of aryl methyl sites for hydroxylation is 1. The van der Waals surface area contributed by atoms with Crippen molar-refractivity contribution in [3.63, 3.8) is 0 Å². The summed E-state index contributed by atoms with van der Waals surface area (Å²) in [5.74, 6) is 0. The van der Waals surface area contributed by atoms with E-state index < -0.39 is 0 Å². The van der Waals surface area contributed by atoms with Crippen LogP contribution < -0.4 is 5.73 Å². The summed E-state index contributed by atoms with van der Waals surface area (Å²) < 4.78 is 1.24. The molecule has 1 aliphatic carbocycles. The molecule has 1 saturated carbocycles. The minimum Gasteiger partial charge on any atom is -0.330 e. The minimum atomic E-state index is 0.202. The number of rotatable bonds is 2. The maximum absolute atomic E-state index is 6.02. The molecule has 0 bridgehead atoms. The Labute approximate surface area is 107 Å². The normalized spacial score (nSPS) is 26.9. The monoisotopic (exact) mass is 281 g/mol. The van der Waals surface area contributed by atoms with E-state index in [0.29, 0.717) is 5.41 Å². The smallest absolute Gasteiger partial charge is 0.0236 e. The van der Waals surface area contributed by atoms with Crippen molar-refractivity contribution in [2.24, 2.45) is 11.1 Å². The second kappa shape index (κ2) is 3.58. The highest BCUT2D eigenvalue weighted by atomic mass is 79.9. The quantitative estimate of drug-likeness (QED) is 0.879. The third-order valence-electron chi connectivity index (χ3n) is 4.36. The van der Waals surface area contributed by atoms with E-state index in [2.05, 4.69) is 55.8 Å². The zero-order chi connectivity index (χ0) is 12.1. The summed E-state index contributed by atoms with van der Waals surface area (Å²) in [6.45, 7) is 9.70. The summed E-state index contributed by atoms with van der Waals surface area (Å²) in [5.41, 5.74) is 10.7. The molecule has 0 aromatic heterocycles. The van der Waals surface area contributed by atoms with Gasteiger partial charge in [-0.15, -0.1) is 0 Å². The predicted octanol–water partition coefficient (Wildman–Crippen LogP) is 3.69. The van der Waals surface area contributed by atoms with E-state index in [-0.39, 0.29) is 5.41 Å². The van der Waals surface area contributed by atoms with E-state index in [0.717, 1.165) is 6.54 Å². The third-order valence-corrected chi connectivity index (χ3v) is 5.58. The van der Waals surface area contributed by atoms with Crippen LogP contribution in [0.25, 0.3) is 0 Å². The average Bonchev–Trinajstić information content (AvgIpc) is 2.79. The molecule has 2 rings (SSSR count). The fourth-order valence-electron chi connectivity index (χ4n) is 2.97. The van der Waals surface area contributed by atoms with E-state index >= 15 is 0 Å². The number of hydrogen-bond acceptors (Lipinski definition) is 1. The standard InChI is InChI=1S/C14H20BrN/c1-9-5-6-11(10(2)12(9)15)14(8-16)7-13(14,3)4/h5-6H,7-8,16H2,1-4H3. The highest BCUT2D eigenvalue weighted by Crippen LogP contribution is 2.64. The molecular weight excluding hydrogens is 262 g/mol. The van der Waals surface area contributed by atoms with Gasteiger partial charge in [0.25, 0.3) is 0 Å². The van der Waals surface area contributed by atoms with Crippen molar-refractivity contribution in [1.29, 1.82) is 0 Å². The van der Waals surface area contributed by atoms with Crippen molar-refractivity contribution in [2.75, 3.05) is 6.54 Å². The summed E-state index contributed by atoms with van der Waals surface area (Å²) in [5, 5.41) is 0. The first-order valence-corrected chi connectivity index (χ1v) is 6.61. The summed E-state index contributed by atoms with van der Waals surface area (Å²) in [6, 6.07) is 4.45. The molecule has 2 N–H and O–H groups in total. The zero-order valence-corrected chi connectivity index (χ0v) is 12.1. The van der Waals surface area contributed by atoms with Crippen LogP contribution in [0.2, 0.25) is 0 Å². The molecular formula is C14H20BrN. The second-order valence-corrected chi connectivity index (χ2v) is 6.51. The molecule has 16 heavy (non-hydrogen) atoms. The Kier molecular flexibility index (Phi) is 2.71. The number of benzene rings is 1. The average molecular weight is 282 g/mol. The molecule has 1 aromatic carbocycles. The molecule has 1 unspecified atom stereocenters. The molecule has 1 atom stereocenters. The largest absolute Gasteiger partial charge is 0.330 e. The first kappa shape index (κ1) is 12.1. The van der Waals surface area contributed by atoms with Crippen molar-refractivity contribution in [3.8, 4) is 0 Å². The maximum Gasteiger partial charge on any atom is 0.0236 e. The van der Waals surface area contributed by atoms with E-state index in [1.54, 1.807) is 0 Å². The van der Waals surface area contributed by atoms with Crippen LogP contribution in [-0.2, 0) is 5.41 Å². The van der Waals surface area contributed by atoms with Gasteiger partial charge in [0.1, 0.15) is 0 Å². The maximum atomic E-state index is 6.02. The highest BCUT2D eigenvalue weighted by Gasteiger charge is 2.61. The molecule has 1 fully saturated rings. The SMILES string of the molecule is Cc1ccc(C2(CN)CC2(C)C)c(C)c1Br. The van der Waals surface area contributed by atoms with Crippen LogP contribution in [0.15, 0.2) is 16.6 Å². The van der Waals surface area contributed by atoms with Crippen molar-refractivity contribution in [2.45, 2.75) is 39.5 Å². The van der Waals surface area contributed by atoms with E-state index in [1.807, 2.05) is 0 Å². The molecule has 1 nitrogen and oxygen atoms in total. The van der Waals surface area contributed by atoms with Crippen LogP contribution in [0.3, 0.4) is 0 Å². The number of nitrogens with two attached hydrogens (primary N) is 1. The molecule has 88 valence electrons. The van der Waals surface area contributed by atoms with Crippen molar-refractivity contribution < 1.29 is 0 Å². The van der Waals surface area contributed by atoms with Gasteiger partial charge in [0.2, 0.25) is 0 Å². The Morgan fingerprint density at radius 3 is 2.31 bits per heavy atom. The van der Waals surface area contributed by atoms with Gasteiger partial charge < -0.3 is 5.73 Å². The molecule has 0 aliphatic heterocycles.